The highest BCUT2D eigenvalue weighted by atomic mass is 32.6. The first-order chi connectivity index (χ1) is 8.00. The van der Waals surface area contributed by atoms with Crippen molar-refractivity contribution in [3.8, 4) is 0 Å². The molecule has 4 atom stereocenters. The first kappa shape index (κ1) is 15.8. The van der Waals surface area contributed by atoms with Crippen LogP contribution in [0.15, 0.2) is 0 Å². The van der Waals surface area contributed by atoms with Crippen LogP contribution >= 0.6 is 32.5 Å². The topological polar surface area (TPSA) is 0 Å². The Morgan fingerprint density at radius 2 is 0.688 bits per heavy atom. The van der Waals surface area contributed by atoms with Crippen molar-refractivity contribution in [3.63, 3.8) is 0 Å². The predicted octanol–water partition coefficient (Wildman–Crippen LogP) is 6.36. The van der Waals surface area contributed by atoms with Crippen LogP contribution in [0.2, 0.25) is 0 Å². The fourth-order valence-corrected chi connectivity index (χ4v) is 14.3. The van der Waals surface area contributed by atoms with E-state index in [1.54, 1.807) is 12.3 Å². The van der Waals surface area contributed by atoms with Crippen LogP contribution in [-0.2, 0) is 0 Å². The standard InChI is InChI=1S/C12H28P4/c1-2-4-6-8-10-12-14-16-15-13-11-9-7-5-3-1/h13-16H,1-12H2. The highest BCUT2D eigenvalue weighted by Gasteiger charge is 1.96. The fraction of sp³-hybridized carbons (Fsp3) is 1.00. The summed E-state index contributed by atoms with van der Waals surface area (Å²) in [6.07, 6.45) is 18.2. The van der Waals surface area contributed by atoms with Gasteiger partial charge in [0, 0.05) is 0 Å². The van der Waals surface area contributed by atoms with Gasteiger partial charge >= 0.3 is 0 Å². The number of hydrogen-bond donors (Lipinski definition) is 0. The Balaban J connectivity index is 2.00. The molecule has 0 amide bonds. The molecule has 1 aliphatic heterocycles. The van der Waals surface area contributed by atoms with Crippen molar-refractivity contribution in [3.05, 3.63) is 0 Å². The Kier molecular flexibility index (Phi) is 13.0. The largest absolute Gasteiger partial charge is 0.0947 e. The van der Waals surface area contributed by atoms with E-state index in [4.69, 9.17) is 0 Å². The lowest BCUT2D eigenvalue weighted by atomic mass is 10.1. The van der Waals surface area contributed by atoms with Gasteiger partial charge in [0.25, 0.3) is 0 Å². The summed E-state index contributed by atoms with van der Waals surface area (Å²) in [6.45, 7) is 0. The van der Waals surface area contributed by atoms with Crippen LogP contribution in [-0.4, -0.2) is 12.3 Å². The van der Waals surface area contributed by atoms with E-state index in [-0.39, 0.29) is 0 Å². The van der Waals surface area contributed by atoms with E-state index in [1.165, 1.54) is 96.7 Å². The quantitative estimate of drug-likeness (QED) is 0.456. The zero-order chi connectivity index (χ0) is 11.3. The van der Waals surface area contributed by atoms with Crippen LogP contribution in [0.3, 0.4) is 0 Å². The van der Waals surface area contributed by atoms with E-state index in [2.05, 4.69) is 0 Å². The summed E-state index contributed by atoms with van der Waals surface area (Å²) in [4.78, 5) is 0. The van der Waals surface area contributed by atoms with Gasteiger partial charge in [0.2, 0.25) is 0 Å². The van der Waals surface area contributed by atoms with Crippen LogP contribution in [0.1, 0.15) is 64.2 Å². The molecule has 1 fully saturated rings. The Morgan fingerprint density at radius 1 is 0.375 bits per heavy atom. The van der Waals surface area contributed by atoms with Gasteiger partial charge in [0.15, 0.2) is 0 Å². The SMILES string of the molecule is C1CCCCCCPPPPCCCCC1. The van der Waals surface area contributed by atoms with E-state index < -0.39 is 0 Å². The smallest absolute Gasteiger partial charge is 0.0314 e. The first-order valence-corrected chi connectivity index (χ1v) is 14.4. The summed E-state index contributed by atoms with van der Waals surface area (Å²) < 4.78 is 0. The summed E-state index contributed by atoms with van der Waals surface area (Å²) in [5.41, 5.74) is 0. The monoisotopic (exact) mass is 296 g/mol. The van der Waals surface area contributed by atoms with Gasteiger partial charge in [-0.05, 0) is 25.2 Å². The molecule has 1 heterocycles. The minimum Gasteiger partial charge on any atom is -0.0947 e. The molecule has 1 saturated heterocycles. The third kappa shape index (κ3) is 10.8. The Morgan fingerprint density at radius 3 is 1.06 bits per heavy atom. The third-order valence-corrected chi connectivity index (χ3v) is 15.4. The molecule has 96 valence electrons. The second-order valence-electron chi connectivity index (χ2n) is 4.64. The van der Waals surface area contributed by atoms with Crippen LogP contribution in [0.25, 0.3) is 0 Å². The summed E-state index contributed by atoms with van der Waals surface area (Å²) in [5, 5.41) is 0. The molecular formula is C12H28P4. The van der Waals surface area contributed by atoms with Gasteiger partial charge in [0.05, 0.1) is 0 Å². The van der Waals surface area contributed by atoms with Gasteiger partial charge in [-0.2, -0.15) is 0 Å². The molecule has 0 bridgehead atoms. The molecule has 0 nitrogen and oxygen atoms in total. The van der Waals surface area contributed by atoms with Crippen LogP contribution < -0.4 is 0 Å². The van der Waals surface area contributed by atoms with E-state index in [0.29, 0.717) is 0 Å². The van der Waals surface area contributed by atoms with Gasteiger partial charge in [-0.3, -0.25) is 0 Å². The normalized spacial score (nSPS) is 30.0. The molecule has 0 radical (unpaired) electrons. The average Bonchev–Trinajstić information content (AvgIpc) is 2.29. The minimum atomic E-state index is 1.32. The van der Waals surface area contributed by atoms with E-state index in [1.807, 2.05) is 0 Å². The van der Waals surface area contributed by atoms with Gasteiger partial charge in [0.1, 0.15) is 0 Å². The van der Waals surface area contributed by atoms with Gasteiger partial charge in [-0.15, -0.1) is 0 Å². The minimum absolute atomic E-state index is 1.32. The molecule has 1 rings (SSSR count). The van der Waals surface area contributed by atoms with E-state index in [0.717, 1.165) is 0 Å². The number of rotatable bonds is 0. The van der Waals surface area contributed by atoms with Crippen LogP contribution in [0, 0.1) is 0 Å². The predicted molar refractivity (Wildman–Crippen MR) is 89.2 cm³/mol. The third-order valence-electron chi connectivity index (χ3n) is 3.09. The average molecular weight is 296 g/mol. The van der Waals surface area contributed by atoms with Crippen molar-refractivity contribution >= 4 is 32.5 Å². The van der Waals surface area contributed by atoms with Gasteiger partial charge in [-0.25, -0.2) is 0 Å². The molecule has 4 heteroatoms. The second-order valence-corrected chi connectivity index (χ2v) is 15.0. The zero-order valence-electron chi connectivity index (χ0n) is 10.5. The lowest BCUT2D eigenvalue weighted by Crippen LogP contribution is -1.83. The summed E-state index contributed by atoms with van der Waals surface area (Å²) in [7, 11) is 5.31. The molecular weight excluding hydrogens is 268 g/mol. The van der Waals surface area contributed by atoms with E-state index in [9.17, 15) is 0 Å². The Labute approximate surface area is 109 Å². The van der Waals surface area contributed by atoms with Crippen molar-refractivity contribution in [2.45, 2.75) is 64.2 Å². The zero-order valence-corrected chi connectivity index (χ0v) is 14.5. The Hall–Kier alpha value is 1.72. The second kappa shape index (κ2) is 13.2. The maximum atomic E-state index is 1.55. The maximum Gasteiger partial charge on any atom is -0.0314 e. The fourth-order valence-electron chi connectivity index (χ4n) is 2.05. The van der Waals surface area contributed by atoms with Crippen molar-refractivity contribution in [1.82, 2.24) is 0 Å². The molecule has 0 aliphatic carbocycles. The van der Waals surface area contributed by atoms with Crippen LogP contribution in [0.4, 0.5) is 0 Å². The molecule has 1 aliphatic rings. The van der Waals surface area contributed by atoms with Crippen molar-refractivity contribution < 1.29 is 0 Å². The highest BCUT2D eigenvalue weighted by molar-refractivity contribution is 8.59. The van der Waals surface area contributed by atoms with Gasteiger partial charge < -0.3 is 0 Å². The van der Waals surface area contributed by atoms with Crippen molar-refractivity contribution in [1.29, 1.82) is 0 Å². The Bertz CT molecular complexity index is 77.0. The molecule has 0 aromatic heterocycles. The molecule has 4 unspecified atom stereocenters. The highest BCUT2D eigenvalue weighted by Crippen LogP contribution is 2.62. The van der Waals surface area contributed by atoms with E-state index >= 15 is 0 Å². The molecule has 16 heavy (non-hydrogen) atoms. The van der Waals surface area contributed by atoms with Crippen molar-refractivity contribution in [2.75, 3.05) is 12.3 Å². The molecule has 0 N–H and O–H groups in total. The molecule has 0 spiro atoms. The summed E-state index contributed by atoms with van der Waals surface area (Å²) in [6, 6.07) is 0. The first-order valence-electron chi connectivity index (χ1n) is 6.96. The summed E-state index contributed by atoms with van der Waals surface area (Å²) in [5.74, 6) is 0. The molecule has 0 saturated carbocycles. The summed E-state index contributed by atoms with van der Waals surface area (Å²) >= 11 is 0. The van der Waals surface area contributed by atoms with Gasteiger partial charge in [-0.1, -0.05) is 83.8 Å². The molecule has 0 aromatic rings. The number of hydrogen-bond acceptors (Lipinski definition) is 0. The van der Waals surface area contributed by atoms with Crippen LogP contribution in [0.5, 0.6) is 0 Å². The maximum absolute atomic E-state index is 1.55. The van der Waals surface area contributed by atoms with Crippen molar-refractivity contribution in [2.24, 2.45) is 0 Å². The molecule has 0 aromatic carbocycles. The lowest BCUT2D eigenvalue weighted by Gasteiger charge is -2.06. The lowest BCUT2D eigenvalue weighted by molar-refractivity contribution is 0.564.